The van der Waals surface area contributed by atoms with E-state index in [1.807, 2.05) is 19.9 Å². The number of hydrogen-bond acceptors (Lipinski definition) is 6. The van der Waals surface area contributed by atoms with Crippen molar-refractivity contribution < 1.29 is 28.0 Å². The molecule has 2 amide bonds. The maximum Gasteiger partial charge on any atom is 0.262 e. The first kappa shape index (κ1) is 30.6. The molecule has 11 heteroatoms. The second kappa shape index (κ2) is 13.8. The van der Waals surface area contributed by atoms with E-state index in [0.29, 0.717) is 37.0 Å². The van der Waals surface area contributed by atoms with Crippen molar-refractivity contribution in [3.63, 3.8) is 0 Å². The molecule has 2 aromatic rings. The number of amides is 2. The normalized spacial score (nSPS) is 18.5. The number of carbonyl (C=O) groups is 2. The molecule has 1 saturated carbocycles. The van der Waals surface area contributed by atoms with Crippen molar-refractivity contribution in [2.75, 3.05) is 7.11 Å². The predicted octanol–water partition coefficient (Wildman–Crippen LogP) is 3.51. The van der Waals surface area contributed by atoms with Gasteiger partial charge in [0.05, 0.1) is 12.0 Å². The van der Waals surface area contributed by atoms with Gasteiger partial charge in [-0.3, -0.25) is 14.8 Å². The van der Waals surface area contributed by atoms with Gasteiger partial charge in [-0.2, -0.15) is 4.31 Å². The smallest absolute Gasteiger partial charge is 0.262 e. The van der Waals surface area contributed by atoms with E-state index in [9.17, 15) is 23.2 Å². The number of benzene rings is 2. The maximum atomic E-state index is 13.9. The summed E-state index contributed by atoms with van der Waals surface area (Å²) in [5.41, 5.74) is 2.41. The Morgan fingerprint density at radius 1 is 1.00 bits per heavy atom. The standard InChI is InChI=1S/C26H35N3O6S.ClH/c1-18(2)25(30)27-21-11-9-20(10-12-21)24(26(31)28-32)29(17-19-7-5-4-6-8-19)36(33,34)23-15-13-22(35-3)14-16-23;/h4-8,13-16,18,20-21,24,32H,9-12,17H2,1-3H3,(H,27,30)(H,28,31);1H/t20-,21-,24?;. The number of sulfonamides is 1. The number of nitrogens with zero attached hydrogens (tertiary/aromatic N) is 1. The van der Waals surface area contributed by atoms with Crippen molar-refractivity contribution in [2.45, 2.75) is 63.1 Å². The van der Waals surface area contributed by atoms with Crippen molar-refractivity contribution in [3.8, 4) is 5.75 Å². The highest BCUT2D eigenvalue weighted by Crippen LogP contribution is 2.34. The van der Waals surface area contributed by atoms with Gasteiger partial charge in [-0.25, -0.2) is 13.9 Å². The van der Waals surface area contributed by atoms with Crippen LogP contribution in [-0.4, -0.2) is 48.9 Å². The molecule has 1 atom stereocenters. The number of ether oxygens (including phenoxy) is 1. The average molecular weight is 554 g/mol. The number of methoxy groups -OCH3 is 1. The van der Waals surface area contributed by atoms with Crippen LogP contribution in [0.5, 0.6) is 5.75 Å². The highest BCUT2D eigenvalue weighted by atomic mass is 35.5. The zero-order valence-electron chi connectivity index (χ0n) is 21.3. The lowest BCUT2D eigenvalue weighted by Crippen LogP contribution is -2.53. The highest BCUT2D eigenvalue weighted by molar-refractivity contribution is 7.89. The molecule has 3 rings (SSSR count). The van der Waals surface area contributed by atoms with Gasteiger partial charge in [-0.05, 0) is 61.4 Å². The summed E-state index contributed by atoms with van der Waals surface area (Å²) in [6.45, 7) is 3.61. The molecule has 0 saturated heterocycles. The Hall–Kier alpha value is -2.66. The summed E-state index contributed by atoms with van der Waals surface area (Å²) in [6, 6.07) is 13.8. The zero-order chi connectivity index (χ0) is 26.3. The predicted molar refractivity (Wildman–Crippen MR) is 142 cm³/mol. The Labute approximate surface area is 225 Å². The van der Waals surface area contributed by atoms with E-state index in [4.69, 9.17) is 4.74 Å². The first-order valence-electron chi connectivity index (χ1n) is 12.1. The topological polar surface area (TPSA) is 125 Å². The molecule has 1 unspecified atom stereocenters. The monoisotopic (exact) mass is 553 g/mol. The molecule has 204 valence electrons. The Morgan fingerprint density at radius 2 is 1.59 bits per heavy atom. The van der Waals surface area contributed by atoms with Crippen LogP contribution in [0.1, 0.15) is 45.1 Å². The Kier molecular flexibility index (Phi) is 11.4. The first-order chi connectivity index (χ1) is 17.2. The van der Waals surface area contributed by atoms with E-state index in [1.165, 1.54) is 23.5 Å². The third-order valence-electron chi connectivity index (χ3n) is 6.63. The van der Waals surface area contributed by atoms with Gasteiger partial charge in [0, 0.05) is 18.5 Å². The molecule has 0 heterocycles. The molecule has 0 aromatic heterocycles. The molecule has 0 spiro atoms. The molecule has 0 bridgehead atoms. The van der Waals surface area contributed by atoms with Crippen LogP contribution in [-0.2, 0) is 26.2 Å². The van der Waals surface area contributed by atoms with Gasteiger partial charge in [-0.1, -0.05) is 44.2 Å². The molecule has 1 fully saturated rings. The van der Waals surface area contributed by atoms with Crippen LogP contribution in [0.4, 0.5) is 0 Å². The first-order valence-corrected chi connectivity index (χ1v) is 13.6. The third kappa shape index (κ3) is 7.67. The number of hydrogen-bond donors (Lipinski definition) is 3. The van der Waals surface area contributed by atoms with Gasteiger partial charge in [0.25, 0.3) is 5.91 Å². The lowest BCUT2D eigenvalue weighted by atomic mass is 9.81. The quantitative estimate of drug-likeness (QED) is 0.305. The van der Waals surface area contributed by atoms with Gasteiger partial charge < -0.3 is 10.1 Å². The van der Waals surface area contributed by atoms with Crippen LogP contribution in [0.2, 0.25) is 0 Å². The molecule has 3 N–H and O–H groups in total. The van der Waals surface area contributed by atoms with Crippen LogP contribution in [0, 0.1) is 11.8 Å². The summed E-state index contributed by atoms with van der Waals surface area (Å²) in [5.74, 6) is -0.781. The van der Waals surface area contributed by atoms with E-state index in [0.717, 1.165) is 0 Å². The Balaban J connectivity index is 0.00000481. The summed E-state index contributed by atoms with van der Waals surface area (Å²) in [7, 11) is -2.64. The van der Waals surface area contributed by atoms with E-state index in [2.05, 4.69) is 5.32 Å². The van der Waals surface area contributed by atoms with Crippen molar-refractivity contribution in [3.05, 3.63) is 60.2 Å². The SMILES string of the molecule is COc1ccc(S(=O)(=O)N(Cc2ccccc2)C(C(=O)NO)[C@H]2CC[C@H](NC(=O)C(C)C)CC2)cc1.Cl. The molecule has 37 heavy (non-hydrogen) atoms. The van der Waals surface area contributed by atoms with Crippen molar-refractivity contribution in [1.29, 1.82) is 0 Å². The van der Waals surface area contributed by atoms with Gasteiger partial charge in [0.15, 0.2) is 0 Å². The summed E-state index contributed by atoms with van der Waals surface area (Å²) in [4.78, 5) is 25.2. The van der Waals surface area contributed by atoms with Gasteiger partial charge in [0.1, 0.15) is 11.8 Å². The molecular weight excluding hydrogens is 518 g/mol. The maximum absolute atomic E-state index is 13.9. The molecule has 1 aliphatic rings. The van der Waals surface area contributed by atoms with E-state index in [-0.39, 0.29) is 47.6 Å². The fourth-order valence-corrected chi connectivity index (χ4v) is 6.21. The van der Waals surface area contributed by atoms with Crippen LogP contribution in [0.25, 0.3) is 0 Å². The molecule has 9 nitrogen and oxygen atoms in total. The number of hydroxylamine groups is 1. The molecule has 1 aliphatic carbocycles. The van der Waals surface area contributed by atoms with Gasteiger partial charge in [0.2, 0.25) is 15.9 Å². The second-order valence-electron chi connectivity index (χ2n) is 9.41. The Morgan fingerprint density at radius 3 is 2.11 bits per heavy atom. The summed E-state index contributed by atoms with van der Waals surface area (Å²) in [5, 5.41) is 12.6. The fourth-order valence-electron chi connectivity index (χ4n) is 4.57. The average Bonchev–Trinajstić information content (AvgIpc) is 2.89. The minimum absolute atomic E-state index is 0. The van der Waals surface area contributed by atoms with Crippen LogP contribution >= 0.6 is 12.4 Å². The number of halogens is 1. The third-order valence-corrected chi connectivity index (χ3v) is 8.47. The van der Waals surface area contributed by atoms with E-state index >= 15 is 0 Å². The van der Waals surface area contributed by atoms with Gasteiger partial charge in [-0.15, -0.1) is 12.4 Å². The number of rotatable bonds is 10. The molecule has 2 aromatic carbocycles. The van der Waals surface area contributed by atoms with E-state index < -0.39 is 22.0 Å². The largest absolute Gasteiger partial charge is 0.497 e. The summed E-state index contributed by atoms with van der Waals surface area (Å²) < 4.78 is 34.1. The van der Waals surface area contributed by atoms with Crippen LogP contribution in [0.15, 0.2) is 59.5 Å². The second-order valence-corrected chi connectivity index (χ2v) is 11.3. The molecular formula is C26H36ClN3O6S. The zero-order valence-corrected chi connectivity index (χ0v) is 22.9. The highest BCUT2D eigenvalue weighted by Gasteiger charge is 2.42. The van der Waals surface area contributed by atoms with Crippen LogP contribution < -0.4 is 15.5 Å². The van der Waals surface area contributed by atoms with E-state index in [1.54, 1.807) is 41.9 Å². The van der Waals surface area contributed by atoms with Crippen molar-refractivity contribution in [1.82, 2.24) is 15.1 Å². The fraction of sp³-hybridized carbons (Fsp3) is 0.462. The minimum atomic E-state index is -4.14. The lowest BCUT2D eigenvalue weighted by molar-refractivity contribution is -0.136. The van der Waals surface area contributed by atoms with Crippen LogP contribution in [0.3, 0.4) is 0 Å². The molecule has 0 radical (unpaired) electrons. The van der Waals surface area contributed by atoms with Gasteiger partial charge >= 0.3 is 0 Å². The molecule has 0 aliphatic heterocycles. The lowest BCUT2D eigenvalue weighted by Gasteiger charge is -2.38. The van der Waals surface area contributed by atoms with Crippen molar-refractivity contribution >= 4 is 34.2 Å². The van der Waals surface area contributed by atoms with Crippen molar-refractivity contribution in [2.24, 2.45) is 11.8 Å². The summed E-state index contributed by atoms with van der Waals surface area (Å²) >= 11 is 0. The summed E-state index contributed by atoms with van der Waals surface area (Å²) in [6.07, 6.45) is 2.26. The number of carbonyl (C=O) groups excluding carboxylic acids is 2. The number of nitrogens with one attached hydrogen (secondary N) is 2. The Bertz CT molecular complexity index is 1120. The minimum Gasteiger partial charge on any atom is -0.497 e.